The molecule has 0 aliphatic heterocycles. The number of carbonyl (C=O) groups is 2. The van der Waals surface area contributed by atoms with Crippen molar-refractivity contribution in [1.29, 1.82) is 0 Å². The molecule has 1 aliphatic rings. The Labute approximate surface area is 152 Å². The molecule has 1 aliphatic carbocycles. The van der Waals surface area contributed by atoms with Gasteiger partial charge in [0.1, 0.15) is 5.54 Å². The minimum absolute atomic E-state index is 0.00537. The standard InChI is InChI=1S/C12H23N3O3S2.O.Tc/c13-12(11(17)18)2-1-9(12)7-15(5-6-19)4-3-14-10(16)8-20;;/h9H,1-8,13H2,(H4,14,16,17,18,19,20);;/q;;+4/p-3/t9?,12-;;/m0../s1. The summed E-state index contributed by atoms with van der Waals surface area (Å²) in [5, 5.41) is 13.0. The molecule has 0 radical (unpaired) electrons. The molecule has 22 heavy (non-hydrogen) atoms. The van der Waals surface area contributed by atoms with Crippen molar-refractivity contribution < 1.29 is 37.1 Å². The molecule has 10 heteroatoms. The predicted molar refractivity (Wildman–Crippen MR) is 82.1 cm³/mol. The first-order valence-corrected chi connectivity index (χ1v) is 8.62. The van der Waals surface area contributed by atoms with Crippen LogP contribution in [0.1, 0.15) is 12.8 Å². The Kier molecular flexibility index (Phi) is 11.5. The molecule has 0 heterocycles. The van der Waals surface area contributed by atoms with Gasteiger partial charge >= 0.3 is 28.3 Å². The van der Waals surface area contributed by atoms with Gasteiger partial charge < -0.3 is 51.1 Å². The molecule has 1 saturated carbocycles. The van der Waals surface area contributed by atoms with E-state index in [0.29, 0.717) is 38.4 Å². The van der Waals surface area contributed by atoms with Gasteiger partial charge in [0.05, 0.1) is 0 Å². The quantitative estimate of drug-likeness (QED) is 0.462. The normalized spacial score (nSPS) is 23.3. The molecule has 0 saturated heterocycles. The molecule has 0 bridgehead atoms. The van der Waals surface area contributed by atoms with E-state index in [9.17, 15) is 9.59 Å². The third-order valence-corrected chi connectivity index (χ3v) is 4.18. The zero-order valence-electron chi connectivity index (χ0n) is 12.1. The van der Waals surface area contributed by atoms with Crippen LogP contribution in [0.25, 0.3) is 5.32 Å². The first-order chi connectivity index (χ1) is 10.4. The molecule has 1 fully saturated rings. The first-order valence-electron chi connectivity index (χ1n) is 6.70. The van der Waals surface area contributed by atoms with Crippen molar-refractivity contribution in [3.8, 4) is 0 Å². The third-order valence-electron chi connectivity index (χ3n) is 3.75. The van der Waals surface area contributed by atoms with Crippen LogP contribution in [0.15, 0.2) is 0 Å². The summed E-state index contributed by atoms with van der Waals surface area (Å²) < 4.78 is 8.22. The summed E-state index contributed by atoms with van der Waals surface area (Å²) in [5.74, 6) is -0.768. The summed E-state index contributed by atoms with van der Waals surface area (Å²) in [6.45, 7) is 2.18. The first kappa shape index (κ1) is 22.0. The number of amides is 1. The van der Waals surface area contributed by atoms with Crippen molar-refractivity contribution in [2.75, 3.05) is 37.7 Å². The van der Waals surface area contributed by atoms with E-state index in [-0.39, 0.29) is 17.6 Å². The Morgan fingerprint density at radius 1 is 1.36 bits per heavy atom. The van der Waals surface area contributed by atoms with Crippen LogP contribution in [-0.4, -0.2) is 65.1 Å². The van der Waals surface area contributed by atoms with Crippen LogP contribution in [-0.2, 0) is 57.2 Å². The van der Waals surface area contributed by atoms with Gasteiger partial charge in [0.2, 0.25) is 0 Å². The summed E-state index contributed by atoms with van der Waals surface area (Å²) in [7, 11) is 0. The second kappa shape index (κ2) is 11.5. The van der Waals surface area contributed by atoms with Gasteiger partial charge in [-0.25, -0.2) is 0 Å². The van der Waals surface area contributed by atoms with E-state index in [1.165, 1.54) is 0 Å². The molecule has 7 nitrogen and oxygen atoms in total. The number of nitrogens with two attached hydrogens (primary N) is 1. The van der Waals surface area contributed by atoms with Gasteiger partial charge in [-0.3, -0.25) is 4.79 Å². The van der Waals surface area contributed by atoms with E-state index >= 15 is 0 Å². The van der Waals surface area contributed by atoms with Crippen LogP contribution >= 0.6 is 0 Å². The second-order valence-electron chi connectivity index (χ2n) is 5.01. The van der Waals surface area contributed by atoms with E-state index in [1.54, 1.807) is 0 Å². The number of hydrogen-bond acceptors (Lipinski definition) is 7. The van der Waals surface area contributed by atoms with Crippen LogP contribution in [0.4, 0.5) is 0 Å². The number of carboxylic acid groups (broad SMARTS) is 1. The number of carboxylic acids is 1. The van der Waals surface area contributed by atoms with Gasteiger partial charge in [-0.05, 0) is 25.9 Å². The van der Waals surface area contributed by atoms with Crippen molar-refractivity contribution in [3.63, 3.8) is 0 Å². The van der Waals surface area contributed by atoms with Crippen LogP contribution in [0.5, 0.6) is 0 Å². The number of carbonyl (C=O) groups excluding carboxylic acids is 1. The van der Waals surface area contributed by atoms with Crippen LogP contribution < -0.4 is 5.73 Å². The molecular formula is C12H20N3O4S2Tc+. The predicted octanol–water partition coefficient (Wildman–Crippen LogP) is -0.647. The molecule has 1 rings (SSSR count). The number of aliphatic carboxylic acids is 1. The van der Waals surface area contributed by atoms with Crippen molar-refractivity contribution >= 4 is 37.1 Å². The summed E-state index contributed by atoms with van der Waals surface area (Å²) in [6, 6.07) is 0. The van der Waals surface area contributed by atoms with E-state index in [1.807, 2.05) is 4.90 Å². The van der Waals surface area contributed by atoms with Gasteiger partial charge in [0.25, 0.3) is 0 Å². The van der Waals surface area contributed by atoms with Crippen LogP contribution in [0, 0.1) is 5.92 Å². The van der Waals surface area contributed by atoms with E-state index in [4.69, 9.17) is 27.0 Å². The third kappa shape index (κ3) is 6.64. The summed E-state index contributed by atoms with van der Waals surface area (Å²) in [4.78, 5) is 24.2. The Morgan fingerprint density at radius 3 is 2.41 bits per heavy atom. The number of hydrogen-bond donors (Lipinski definition) is 2. The van der Waals surface area contributed by atoms with Crippen molar-refractivity contribution in [3.05, 3.63) is 5.32 Å². The zero-order chi connectivity index (χ0) is 17.2. The van der Waals surface area contributed by atoms with Crippen molar-refractivity contribution in [2.24, 2.45) is 11.7 Å². The van der Waals surface area contributed by atoms with Gasteiger partial charge in [-0.2, -0.15) is 5.75 Å². The SMILES string of the molecule is N[C@@]1(C(=O)O)CCC1CN(CC[S-])CC[N-]C(=O)C[S-].[O]=[Tc+4]. The van der Waals surface area contributed by atoms with Gasteiger partial charge in [-0.1, -0.05) is 0 Å². The Bertz CT molecular complexity index is 378. The zero-order valence-corrected chi connectivity index (χ0v) is 15.6. The fourth-order valence-corrected chi connectivity index (χ4v) is 2.64. The molecule has 0 spiro atoms. The van der Waals surface area contributed by atoms with Crippen LogP contribution in [0.2, 0.25) is 0 Å². The number of rotatable bonds is 9. The minimum atomic E-state index is -1.12. The number of nitrogens with zero attached hydrogens (tertiary/aromatic N) is 2. The molecule has 3 N–H and O–H groups in total. The van der Waals surface area contributed by atoms with Gasteiger partial charge in [0.15, 0.2) is 0 Å². The van der Waals surface area contributed by atoms with E-state index in [2.05, 4.69) is 17.9 Å². The topological polar surface area (TPSA) is 115 Å². The summed E-state index contributed by atoms with van der Waals surface area (Å²) >= 11 is 10.5. The second-order valence-corrected chi connectivity index (χ2v) is 5.70. The molecular weight excluding hydrogens is 412 g/mol. The molecule has 1 amide bonds. The Balaban J connectivity index is 0.00000211. The molecule has 0 aromatic carbocycles. The van der Waals surface area contributed by atoms with Crippen molar-refractivity contribution in [1.82, 2.24) is 4.90 Å². The fraction of sp³-hybridized carbons (Fsp3) is 0.833. The van der Waals surface area contributed by atoms with Gasteiger partial charge in [0, 0.05) is 18.4 Å². The molecule has 125 valence electrons. The fourth-order valence-electron chi connectivity index (χ4n) is 2.29. The Hall–Kier alpha value is 0.00935. The van der Waals surface area contributed by atoms with Crippen LogP contribution in [0.3, 0.4) is 0 Å². The van der Waals surface area contributed by atoms with Gasteiger partial charge in [-0.15, -0.1) is 12.3 Å². The average molecular weight is 432 g/mol. The van der Waals surface area contributed by atoms with E-state index < -0.39 is 11.5 Å². The maximum absolute atomic E-state index is 11.2. The molecule has 2 atom stereocenters. The monoisotopic (exact) mass is 431 g/mol. The van der Waals surface area contributed by atoms with Crippen molar-refractivity contribution in [2.45, 2.75) is 18.4 Å². The Morgan fingerprint density at radius 2 is 2.00 bits per heavy atom. The average Bonchev–Trinajstić information content (AvgIpc) is 2.51. The maximum atomic E-state index is 11.2. The molecule has 1 unspecified atom stereocenters. The summed E-state index contributed by atoms with van der Waals surface area (Å²) in [6.07, 6.45) is 1.31. The molecule has 0 aromatic rings. The molecule has 0 aromatic heterocycles. The summed E-state index contributed by atoms with van der Waals surface area (Å²) in [5.41, 5.74) is 4.77. The van der Waals surface area contributed by atoms with E-state index in [0.717, 1.165) is 25.3 Å².